The summed E-state index contributed by atoms with van der Waals surface area (Å²) in [7, 11) is 4.16. The van der Waals surface area contributed by atoms with Gasteiger partial charge in [-0.25, -0.2) is 4.98 Å². The molecular formula is C14H24N6. The van der Waals surface area contributed by atoms with Gasteiger partial charge in [-0.05, 0) is 32.4 Å². The zero-order valence-corrected chi connectivity index (χ0v) is 12.8. The van der Waals surface area contributed by atoms with Gasteiger partial charge in [0.05, 0.1) is 5.69 Å². The van der Waals surface area contributed by atoms with Crippen molar-refractivity contribution in [1.29, 1.82) is 0 Å². The number of aryl methyl sites for hydroxylation is 2. The number of piperidine rings is 1. The first-order valence-corrected chi connectivity index (χ1v) is 7.40. The van der Waals surface area contributed by atoms with E-state index < -0.39 is 0 Å². The number of likely N-dealkylation sites (tertiary alicyclic amines) is 1. The zero-order valence-electron chi connectivity index (χ0n) is 12.8. The van der Waals surface area contributed by atoms with Crippen LogP contribution in [0.25, 0.3) is 11.2 Å². The van der Waals surface area contributed by atoms with E-state index in [0.717, 1.165) is 42.8 Å². The molecule has 2 aromatic rings. The van der Waals surface area contributed by atoms with Crippen LogP contribution in [0.3, 0.4) is 0 Å². The Labute approximate surface area is 119 Å². The number of anilines is 1. The zero-order chi connectivity index (χ0) is 14.4. The van der Waals surface area contributed by atoms with E-state index in [4.69, 9.17) is 5.73 Å². The van der Waals surface area contributed by atoms with Crippen LogP contribution in [0.4, 0.5) is 5.95 Å². The number of nitrogen functional groups attached to an aromatic ring is 1. The fraction of sp³-hybridized carbons (Fsp3) is 0.714. The molecule has 6 heteroatoms. The van der Waals surface area contributed by atoms with Gasteiger partial charge in [0.15, 0.2) is 5.65 Å². The summed E-state index contributed by atoms with van der Waals surface area (Å²) in [6.45, 7) is 6.60. The van der Waals surface area contributed by atoms with Crippen molar-refractivity contribution in [2.75, 3.05) is 25.9 Å². The predicted molar refractivity (Wildman–Crippen MR) is 80.6 cm³/mol. The lowest BCUT2D eigenvalue weighted by molar-refractivity contribution is 0.162. The minimum atomic E-state index is 0.413. The van der Waals surface area contributed by atoms with Crippen molar-refractivity contribution in [3.63, 3.8) is 0 Å². The molecule has 0 bridgehead atoms. The van der Waals surface area contributed by atoms with Crippen molar-refractivity contribution in [3.05, 3.63) is 5.69 Å². The van der Waals surface area contributed by atoms with Crippen LogP contribution in [-0.4, -0.2) is 44.4 Å². The molecule has 0 aliphatic carbocycles. The summed E-state index contributed by atoms with van der Waals surface area (Å²) in [5.74, 6) is 1.19. The summed E-state index contributed by atoms with van der Waals surface area (Å²) in [6.07, 6.45) is 2.00. The van der Waals surface area contributed by atoms with Crippen molar-refractivity contribution < 1.29 is 0 Å². The van der Waals surface area contributed by atoms with Crippen LogP contribution in [0.2, 0.25) is 0 Å². The fourth-order valence-corrected chi connectivity index (χ4v) is 3.51. The quantitative estimate of drug-likeness (QED) is 0.901. The number of fused-ring (bicyclic) bond motifs is 1. The summed E-state index contributed by atoms with van der Waals surface area (Å²) in [6, 6.07) is 0.413. The first kappa shape index (κ1) is 13.4. The molecule has 2 N–H and O–H groups in total. The molecule has 0 amide bonds. The fourth-order valence-electron chi connectivity index (χ4n) is 3.51. The molecule has 1 saturated heterocycles. The Balaban J connectivity index is 2.11. The highest BCUT2D eigenvalue weighted by Gasteiger charge is 2.30. The lowest BCUT2D eigenvalue weighted by atomic mass is 9.94. The van der Waals surface area contributed by atoms with Crippen LogP contribution in [0.15, 0.2) is 0 Å². The van der Waals surface area contributed by atoms with Crippen LogP contribution >= 0.6 is 0 Å². The maximum Gasteiger partial charge on any atom is 0.202 e. The van der Waals surface area contributed by atoms with E-state index in [0.29, 0.717) is 17.9 Å². The summed E-state index contributed by atoms with van der Waals surface area (Å²) < 4.78 is 4.14. The molecule has 3 heterocycles. The van der Waals surface area contributed by atoms with E-state index in [9.17, 15) is 0 Å². The molecule has 0 radical (unpaired) electrons. The highest BCUT2D eigenvalue weighted by Crippen LogP contribution is 2.33. The van der Waals surface area contributed by atoms with Gasteiger partial charge in [-0.15, -0.1) is 0 Å². The van der Waals surface area contributed by atoms with Crippen molar-refractivity contribution >= 4 is 17.1 Å². The Morgan fingerprint density at radius 1 is 1.35 bits per heavy atom. The molecule has 6 nitrogen and oxygen atoms in total. The van der Waals surface area contributed by atoms with Gasteiger partial charge in [0.2, 0.25) is 5.95 Å². The number of rotatable bonds is 2. The molecule has 1 aliphatic heterocycles. The van der Waals surface area contributed by atoms with Crippen LogP contribution in [0, 0.1) is 5.92 Å². The number of aromatic nitrogens is 4. The largest absolute Gasteiger partial charge is 0.369 e. The molecule has 20 heavy (non-hydrogen) atoms. The first-order valence-electron chi connectivity index (χ1n) is 7.40. The predicted octanol–water partition coefficient (Wildman–Crippen LogP) is 1.43. The molecule has 0 spiro atoms. The normalized spacial score (nSPS) is 24.6. The lowest BCUT2D eigenvalue weighted by Crippen LogP contribution is -2.38. The molecule has 2 aromatic heterocycles. The van der Waals surface area contributed by atoms with E-state index in [-0.39, 0.29) is 0 Å². The second kappa shape index (κ2) is 4.77. The van der Waals surface area contributed by atoms with Gasteiger partial charge in [0.1, 0.15) is 5.52 Å². The van der Waals surface area contributed by atoms with Crippen molar-refractivity contribution in [3.8, 4) is 0 Å². The van der Waals surface area contributed by atoms with Gasteiger partial charge >= 0.3 is 0 Å². The Morgan fingerprint density at radius 2 is 2.10 bits per heavy atom. The summed E-state index contributed by atoms with van der Waals surface area (Å²) >= 11 is 0. The minimum Gasteiger partial charge on any atom is -0.369 e. The third kappa shape index (κ3) is 1.90. The summed E-state index contributed by atoms with van der Waals surface area (Å²) in [4.78, 5) is 6.96. The van der Waals surface area contributed by atoms with Gasteiger partial charge in [-0.1, -0.05) is 13.8 Å². The van der Waals surface area contributed by atoms with E-state index in [1.165, 1.54) is 0 Å². The smallest absolute Gasteiger partial charge is 0.202 e. The highest BCUT2D eigenvalue weighted by molar-refractivity contribution is 5.78. The Bertz CT molecular complexity index is 625. The topological polar surface area (TPSA) is 64.9 Å². The molecule has 110 valence electrons. The van der Waals surface area contributed by atoms with Gasteiger partial charge in [0.25, 0.3) is 0 Å². The molecule has 0 aromatic carbocycles. The molecule has 1 fully saturated rings. The Hall–Kier alpha value is -1.56. The van der Waals surface area contributed by atoms with Gasteiger partial charge in [-0.2, -0.15) is 5.10 Å². The number of hydrogen-bond donors (Lipinski definition) is 1. The third-order valence-corrected chi connectivity index (χ3v) is 4.49. The molecule has 0 saturated carbocycles. The number of nitrogens with zero attached hydrogens (tertiary/aromatic N) is 5. The van der Waals surface area contributed by atoms with Crippen LogP contribution in [0.1, 0.15) is 32.0 Å². The number of nitrogens with two attached hydrogens (primary N) is 1. The second-order valence-electron chi connectivity index (χ2n) is 6.03. The van der Waals surface area contributed by atoms with Crippen molar-refractivity contribution in [1.82, 2.24) is 24.2 Å². The van der Waals surface area contributed by atoms with E-state index in [1.807, 2.05) is 11.7 Å². The molecule has 1 aliphatic rings. The number of imidazole rings is 1. The van der Waals surface area contributed by atoms with E-state index >= 15 is 0 Å². The number of hydrogen-bond acceptors (Lipinski definition) is 4. The van der Waals surface area contributed by atoms with Crippen molar-refractivity contribution in [2.45, 2.75) is 32.7 Å². The summed E-state index contributed by atoms with van der Waals surface area (Å²) in [5, 5.41) is 4.57. The third-order valence-electron chi connectivity index (χ3n) is 4.49. The van der Waals surface area contributed by atoms with E-state index in [2.05, 4.69) is 40.4 Å². The highest BCUT2D eigenvalue weighted by atomic mass is 15.4. The van der Waals surface area contributed by atoms with Gasteiger partial charge in [0, 0.05) is 19.6 Å². The van der Waals surface area contributed by atoms with Crippen LogP contribution in [-0.2, 0) is 13.5 Å². The summed E-state index contributed by atoms with van der Waals surface area (Å²) in [5.41, 5.74) is 9.29. The van der Waals surface area contributed by atoms with Gasteiger partial charge in [-0.3, -0.25) is 9.25 Å². The SMILES string of the molecule is CCc1nn(C)c2c1nc(N)n2C1CCN(C)CC1C. The standard InChI is InChI=1S/C14H24N6/c1-5-10-12-13(19(4)17-10)20(14(15)16-12)11-6-7-18(3)8-9(11)2/h9,11H,5-8H2,1-4H3,(H2,15,16). The molecule has 3 rings (SSSR count). The molecular weight excluding hydrogens is 252 g/mol. The maximum absolute atomic E-state index is 6.22. The Morgan fingerprint density at radius 3 is 2.75 bits per heavy atom. The van der Waals surface area contributed by atoms with Gasteiger partial charge < -0.3 is 10.6 Å². The lowest BCUT2D eigenvalue weighted by Gasteiger charge is -2.36. The first-order chi connectivity index (χ1) is 9.52. The Kier molecular flexibility index (Phi) is 3.20. The molecule has 2 atom stereocenters. The van der Waals surface area contributed by atoms with E-state index in [1.54, 1.807) is 0 Å². The van der Waals surface area contributed by atoms with Crippen LogP contribution < -0.4 is 5.73 Å². The second-order valence-corrected chi connectivity index (χ2v) is 6.03. The molecule has 2 unspecified atom stereocenters. The average molecular weight is 276 g/mol. The monoisotopic (exact) mass is 276 g/mol. The van der Waals surface area contributed by atoms with Crippen molar-refractivity contribution in [2.24, 2.45) is 13.0 Å². The minimum absolute atomic E-state index is 0.413. The van der Waals surface area contributed by atoms with Crippen LogP contribution in [0.5, 0.6) is 0 Å². The average Bonchev–Trinajstić information content (AvgIpc) is 2.87. The maximum atomic E-state index is 6.22.